The van der Waals surface area contributed by atoms with Crippen molar-refractivity contribution in [2.24, 2.45) is 0 Å². The van der Waals surface area contributed by atoms with Gasteiger partial charge in [0.1, 0.15) is 5.75 Å². The van der Waals surface area contributed by atoms with Crippen LogP contribution in [-0.2, 0) is 16.6 Å². The lowest BCUT2D eigenvalue weighted by molar-refractivity contribution is 0.278. The summed E-state index contributed by atoms with van der Waals surface area (Å²) in [5, 5.41) is 9.26. The van der Waals surface area contributed by atoms with E-state index in [2.05, 4.69) is 4.72 Å². The van der Waals surface area contributed by atoms with Crippen LogP contribution in [0, 0.1) is 6.92 Å². The second kappa shape index (κ2) is 6.15. The van der Waals surface area contributed by atoms with Crippen LogP contribution in [0.15, 0.2) is 47.4 Å². The monoisotopic (exact) mass is 307 g/mol. The van der Waals surface area contributed by atoms with E-state index in [4.69, 9.17) is 4.74 Å². The number of nitrogens with one attached hydrogen (secondary N) is 1. The van der Waals surface area contributed by atoms with Crippen molar-refractivity contribution in [3.05, 3.63) is 53.6 Å². The molecule has 0 amide bonds. The van der Waals surface area contributed by atoms with Crippen molar-refractivity contribution in [2.75, 3.05) is 11.8 Å². The second-order valence-corrected chi connectivity index (χ2v) is 6.20. The molecule has 0 spiro atoms. The minimum atomic E-state index is -3.75. The number of hydrogen-bond acceptors (Lipinski definition) is 4. The van der Waals surface area contributed by atoms with Crippen LogP contribution >= 0.6 is 0 Å². The van der Waals surface area contributed by atoms with Gasteiger partial charge >= 0.3 is 0 Å². The summed E-state index contributed by atoms with van der Waals surface area (Å²) in [7, 11) is -2.20. The summed E-state index contributed by atoms with van der Waals surface area (Å²) in [5.41, 5.74) is 1.58. The normalized spacial score (nSPS) is 11.2. The lowest BCUT2D eigenvalue weighted by atomic mass is 10.2. The molecule has 6 heteroatoms. The molecule has 0 saturated heterocycles. The van der Waals surface area contributed by atoms with Crippen molar-refractivity contribution in [3.8, 4) is 5.75 Å². The van der Waals surface area contributed by atoms with Crippen LogP contribution in [0.5, 0.6) is 5.75 Å². The Labute approximate surface area is 124 Å². The van der Waals surface area contributed by atoms with E-state index in [9.17, 15) is 13.5 Å². The predicted octanol–water partition coefficient (Wildman–Crippen LogP) is 2.30. The molecule has 2 aromatic rings. The first kappa shape index (κ1) is 15.3. The number of methoxy groups -OCH3 is 1. The van der Waals surface area contributed by atoms with Crippen LogP contribution in [-0.4, -0.2) is 20.6 Å². The Morgan fingerprint density at radius 3 is 2.52 bits per heavy atom. The van der Waals surface area contributed by atoms with Crippen molar-refractivity contribution in [1.82, 2.24) is 0 Å². The van der Waals surface area contributed by atoms with Crippen molar-refractivity contribution < 1.29 is 18.3 Å². The Balaban J connectivity index is 2.38. The molecule has 0 heterocycles. The average molecular weight is 307 g/mol. The SMILES string of the molecule is COc1ccc(NS(=O)(=O)c2ccccc2CO)c(C)c1. The van der Waals surface area contributed by atoms with E-state index in [1.165, 1.54) is 6.07 Å². The van der Waals surface area contributed by atoms with Gasteiger partial charge in [0.05, 0.1) is 24.3 Å². The van der Waals surface area contributed by atoms with Gasteiger partial charge in [0.15, 0.2) is 0 Å². The van der Waals surface area contributed by atoms with E-state index < -0.39 is 10.0 Å². The van der Waals surface area contributed by atoms with Crippen LogP contribution in [0.3, 0.4) is 0 Å². The molecule has 21 heavy (non-hydrogen) atoms. The quantitative estimate of drug-likeness (QED) is 0.888. The standard InChI is InChI=1S/C15H17NO4S/c1-11-9-13(20-2)7-8-14(11)16-21(18,19)15-6-4-3-5-12(15)10-17/h3-9,16-17H,10H2,1-2H3. The average Bonchev–Trinajstić information content (AvgIpc) is 2.49. The van der Waals surface area contributed by atoms with E-state index in [1.54, 1.807) is 50.4 Å². The van der Waals surface area contributed by atoms with Crippen LogP contribution < -0.4 is 9.46 Å². The van der Waals surface area contributed by atoms with Crippen molar-refractivity contribution in [2.45, 2.75) is 18.4 Å². The number of hydrogen-bond donors (Lipinski definition) is 2. The van der Waals surface area contributed by atoms with E-state index in [0.717, 1.165) is 5.56 Å². The number of aliphatic hydroxyl groups excluding tert-OH is 1. The Morgan fingerprint density at radius 1 is 1.19 bits per heavy atom. The van der Waals surface area contributed by atoms with Gasteiger partial charge in [0.2, 0.25) is 0 Å². The molecule has 2 N–H and O–H groups in total. The highest BCUT2D eigenvalue weighted by atomic mass is 32.2. The van der Waals surface area contributed by atoms with Gasteiger partial charge in [-0.3, -0.25) is 4.72 Å². The fraction of sp³-hybridized carbons (Fsp3) is 0.200. The van der Waals surface area contributed by atoms with Crippen LogP contribution in [0.1, 0.15) is 11.1 Å². The maximum atomic E-state index is 12.4. The highest BCUT2D eigenvalue weighted by Gasteiger charge is 2.18. The summed E-state index contributed by atoms with van der Waals surface area (Å²) in [6, 6.07) is 11.4. The van der Waals surface area contributed by atoms with E-state index in [0.29, 0.717) is 17.0 Å². The van der Waals surface area contributed by atoms with Gasteiger partial charge < -0.3 is 9.84 Å². The number of rotatable bonds is 5. The van der Waals surface area contributed by atoms with Gasteiger partial charge in [0.25, 0.3) is 10.0 Å². The molecule has 0 fully saturated rings. The minimum absolute atomic E-state index is 0.0720. The zero-order valence-electron chi connectivity index (χ0n) is 11.8. The number of anilines is 1. The molecule has 5 nitrogen and oxygen atoms in total. The van der Waals surface area contributed by atoms with Gasteiger partial charge in [-0.25, -0.2) is 8.42 Å². The lowest BCUT2D eigenvalue weighted by Crippen LogP contribution is -2.15. The first-order chi connectivity index (χ1) is 9.97. The summed E-state index contributed by atoms with van der Waals surface area (Å²) >= 11 is 0. The number of sulfonamides is 1. The fourth-order valence-corrected chi connectivity index (χ4v) is 3.34. The van der Waals surface area contributed by atoms with E-state index in [1.807, 2.05) is 0 Å². The predicted molar refractivity (Wildman–Crippen MR) is 80.9 cm³/mol. The van der Waals surface area contributed by atoms with Gasteiger partial charge in [-0.15, -0.1) is 0 Å². The van der Waals surface area contributed by atoms with E-state index >= 15 is 0 Å². The highest BCUT2D eigenvalue weighted by molar-refractivity contribution is 7.92. The van der Waals surface area contributed by atoms with Crippen LogP contribution in [0.25, 0.3) is 0 Å². The minimum Gasteiger partial charge on any atom is -0.497 e. The number of benzene rings is 2. The zero-order chi connectivity index (χ0) is 15.5. The number of aryl methyl sites for hydroxylation is 1. The Kier molecular flexibility index (Phi) is 4.50. The molecule has 0 aliphatic carbocycles. The van der Waals surface area contributed by atoms with E-state index in [-0.39, 0.29) is 11.5 Å². The third kappa shape index (κ3) is 3.34. The molecule has 0 aliphatic rings. The first-order valence-electron chi connectivity index (χ1n) is 6.34. The van der Waals surface area contributed by atoms with Crippen LogP contribution in [0.2, 0.25) is 0 Å². The molecule has 0 radical (unpaired) electrons. The number of ether oxygens (including phenoxy) is 1. The molecule has 0 unspecified atom stereocenters. The Bertz CT molecular complexity index is 741. The number of aliphatic hydroxyl groups is 1. The Hall–Kier alpha value is -2.05. The molecule has 2 aromatic carbocycles. The maximum absolute atomic E-state index is 12.4. The second-order valence-electron chi connectivity index (χ2n) is 4.55. The highest BCUT2D eigenvalue weighted by Crippen LogP contribution is 2.25. The largest absolute Gasteiger partial charge is 0.497 e. The molecule has 0 atom stereocenters. The molecular formula is C15H17NO4S. The molecular weight excluding hydrogens is 290 g/mol. The topological polar surface area (TPSA) is 75.6 Å². The smallest absolute Gasteiger partial charge is 0.262 e. The third-order valence-electron chi connectivity index (χ3n) is 3.11. The Morgan fingerprint density at radius 2 is 1.90 bits per heavy atom. The summed E-state index contributed by atoms with van der Waals surface area (Å²) in [6.07, 6.45) is 0. The summed E-state index contributed by atoms with van der Waals surface area (Å²) < 4.78 is 32.5. The van der Waals surface area contributed by atoms with Crippen molar-refractivity contribution in [3.63, 3.8) is 0 Å². The maximum Gasteiger partial charge on any atom is 0.262 e. The molecule has 0 aromatic heterocycles. The summed E-state index contributed by atoms with van der Waals surface area (Å²) in [5.74, 6) is 0.659. The summed E-state index contributed by atoms with van der Waals surface area (Å²) in [4.78, 5) is 0.0720. The first-order valence-corrected chi connectivity index (χ1v) is 7.82. The molecule has 0 aliphatic heterocycles. The molecule has 2 rings (SSSR count). The van der Waals surface area contributed by atoms with Gasteiger partial charge in [-0.2, -0.15) is 0 Å². The zero-order valence-corrected chi connectivity index (χ0v) is 12.6. The van der Waals surface area contributed by atoms with Crippen LogP contribution in [0.4, 0.5) is 5.69 Å². The third-order valence-corrected chi connectivity index (χ3v) is 4.58. The van der Waals surface area contributed by atoms with Crippen molar-refractivity contribution >= 4 is 15.7 Å². The van der Waals surface area contributed by atoms with Crippen molar-refractivity contribution in [1.29, 1.82) is 0 Å². The fourth-order valence-electron chi connectivity index (χ4n) is 1.97. The molecule has 0 saturated carbocycles. The van der Waals surface area contributed by atoms with Gasteiger partial charge in [-0.1, -0.05) is 18.2 Å². The lowest BCUT2D eigenvalue weighted by Gasteiger charge is -2.13. The molecule has 112 valence electrons. The van der Waals surface area contributed by atoms with Gasteiger partial charge in [0, 0.05) is 0 Å². The van der Waals surface area contributed by atoms with Gasteiger partial charge in [-0.05, 0) is 42.3 Å². The summed E-state index contributed by atoms with van der Waals surface area (Å²) in [6.45, 7) is 1.46. The molecule has 0 bridgehead atoms.